The lowest BCUT2D eigenvalue weighted by Gasteiger charge is -2.20. The first-order valence-electron chi connectivity index (χ1n) is 6.48. The van der Waals surface area contributed by atoms with Gasteiger partial charge in [0.25, 0.3) is 0 Å². The zero-order chi connectivity index (χ0) is 13.5. The minimum absolute atomic E-state index is 0.0921. The van der Waals surface area contributed by atoms with Crippen LogP contribution >= 0.6 is 0 Å². The summed E-state index contributed by atoms with van der Waals surface area (Å²) < 4.78 is 26.2. The molecule has 0 saturated carbocycles. The van der Waals surface area contributed by atoms with Crippen LogP contribution in [0.1, 0.15) is 25.8 Å². The largest absolute Gasteiger partial charge is 0.327 e. The van der Waals surface area contributed by atoms with E-state index >= 15 is 0 Å². The molecule has 0 aliphatic heterocycles. The molecule has 1 aromatic carbocycles. The average molecular weight is 256 g/mol. The number of halogens is 2. The summed E-state index contributed by atoms with van der Waals surface area (Å²) in [5.41, 5.74) is 6.47. The Labute approximate surface area is 108 Å². The summed E-state index contributed by atoms with van der Waals surface area (Å²) in [5.74, 6) is -1.05. The Balaban J connectivity index is 2.46. The van der Waals surface area contributed by atoms with E-state index in [0.717, 1.165) is 32.1 Å². The molecule has 0 saturated heterocycles. The smallest absolute Gasteiger partial charge is 0.129 e. The fraction of sp³-hybridized carbons (Fsp3) is 0.571. The third-order valence-electron chi connectivity index (χ3n) is 3.21. The highest BCUT2D eigenvalue weighted by molar-refractivity contribution is 5.19. The molecule has 1 aromatic rings. The molecule has 2 nitrogen and oxygen atoms in total. The lowest BCUT2D eigenvalue weighted by molar-refractivity contribution is 0.289. The maximum atomic E-state index is 13.4. The van der Waals surface area contributed by atoms with E-state index in [9.17, 15) is 8.78 Å². The Morgan fingerprint density at radius 2 is 1.89 bits per heavy atom. The lowest BCUT2D eigenvalue weighted by Crippen LogP contribution is -2.31. The molecule has 1 rings (SSSR count). The van der Waals surface area contributed by atoms with E-state index in [-0.39, 0.29) is 6.04 Å². The van der Waals surface area contributed by atoms with Gasteiger partial charge in [0, 0.05) is 12.1 Å². The molecule has 0 amide bonds. The normalized spacial score (nSPS) is 13.0. The van der Waals surface area contributed by atoms with Gasteiger partial charge in [0.2, 0.25) is 0 Å². The van der Waals surface area contributed by atoms with Crippen LogP contribution < -0.4 is 5.73 Å². The van der Waals surface area contributed by atoms with Gasteiger partial charge in [-0.05, 0) is 44.1 Å². The highest BCUT2D eigenvalue weighted by Crippen LogP contribution is 2.12. The minimum atomic E-state index is -0.548. The van der Waals surface area contributed by atoms with E-state index in [4.69, 9.17) is 5.73 Å². The number of rotatable bonds is 7. The van der Waals surface area contributed by atoms with Gasteiger partial charge in [0.15, 0.2) is 0 Å². The Morgan fingerprint density at radius 3 is 2.44 bits per heavy atom. The number of nitrogens with zero attached hydrogens (tertiary/aromatic N) is 1. The molecule has 1 atom stereocenters. The average Bonchev–Trinajstić information content (AvgIpc) is 2.34. The standard InChI is InChI=1S/C14H22F2N2/c1-3-18(4-2)8-7-13(17)9-11-5-6-12(15)10-14(11)16/h5-6,10,13H,3-4,7-9,17H2,1-2H3. The van der Waals surface area contributed by atoms with Gasteiger partial charge >= 0.3 is 0 Å². The molecule has 0 aromatic heterocycles. The monoisotopic (exact) mass is 256 g/mol. The van der Waals surface area contributed by atoms with Gasteiger partial charge in [-0.1, -0.05) is 19.9 Å². The number of hydrogen-bond acceptors (Lipinski definition) is 2. The summed E-state index contributed by atoms with van der Waals surface area (Å²) in [6.45, 7) is 7.11. The zero-order valence-corrected chi connectivity index (χ0v) is 11.1. The summed E-state index contributed by atoms with van der Waals surface area (Å²) >= 11 is 0. The van der Waals surface area contributed by atoms with Gasteiger partial charge < -0.3 is 10.6 Å². The van der Waals surface area contributed by atoms with Gasteiger partial charge in [0.05, 0.1) is 0 Å². The molecular weight excluding hydrogens is 234 g/mol. The Kier molecular flexibility index (Phi) is 6.22. The minimum Gasteiger partial charge on any atom is -0.327 e. The molecule has 0 spiro atoms. The molecule has 0 radical (unpaired) electrons. The van der Waals surface area contributed by atoms with Crippen molar-refractivity contribution in [3.05, 3.63) is 35.4 Å². The maximum Gasteiger partial charge on any atom is 0.129 e. The van der Waals surface area contributed by atoms with Crippen molar-refractivity contribution in [1.82, 2.24) is 4.90 Å². The van der Waals surface area contributed by atoms with Crippen LogP contribution in [0.3, 0.4) is 0 Å². The topological polar surface area (TPSA) is 29.3 Å². The highest BCUT2D eigenvalue weighted by Gasteiger charge is 2.10. The van der Waals surface area contributed by atoms with E-state index in [2.05, 4.69) is 18.7 Å². The van der Waals surface area contributed by atoms with Crippen LogP contribution in [0.15, 0.2) is 18.2 Å². The Morgan fingerprint density at radius 1 is 1.22 bits per heavy atom. The molecule has 0 aliphatic carbocycles. The lowest BCUT2D eigenvalue weighted by atomic mass is 10.0. The molecule has 0 aliphatic rings. The van der Waals surface area contributed by atoms with E-state index in [1.807, 2.05) is 0 Å². The van der Waals surface area contributed by atoms with Gasteiger partial charge in [-0.2, -0.15) is 0 Å². The van der Waals surface area contributed by atoms with Crippen molar-refractivity contribution >= 4 is 0 Å². The highest BCUT2D eigenvalue weighted by atomic mass is 19.1. The van der Waals surface area contributed by atoms with Crippen LogP contribution in [0.5, 0.6) is 0 Å². The van der Waals surface area contributed by atoms with E-state index in [1.54, 1.807) is 0 Å². The molecule has 0 fully saturated rings. The summed E-state index contributed by atoms with van der Waals surface area (Å²) in [6.07, 6.45) is 1.27. The van der Waals surface area contributed by atoms with Crippen molar-refractivity contribution < 1.29 is 8.78 Å². The fourth-order valence-corrected chi connectivity index (χ4v) is 1.96. The van der Waals surface area contributed by atoms with E-state index in [1.165, 1.54) is 12.1 Å². The van der Waals surface area contributed by atoms with Gasteiger partial charge in [-0.15, -0.1) is 0 Å². The summed E-state index contributed by atoms with van der Waals surface area (Å²) in [4.78, 5) is 2.28. The van der Waals surface area contributed by atoms with Gasteiger partial charge in [-0.3, -0.25) is 0 Å². The van der Waals surface area contributed by atoms with E-state index in [0.29, 0.717) is 12.0 Å². The molecular formula is C14H22F2N2. The number of benzene rings is 1. The summed E-state index contributed by atoms with van der Waals surface area (Å²) in [5, 5.41) is 0. The van der Waals surface area contributed by atoms with Crippen molar-refractivity contribution in [1.29, 1.82) is 0 Å². The van der Waals surface area contributed by atoms with Crippen LogP contribution in [-0.2, 0) is 6.42 Å². The van der Waals surface area contributed by atoms with Crippen molar-refractivity contribution in [2.45, 2.75) is 32.7 Å². The van der Waals surface area contributed by atoms with Crippen LogP contribution in [-0.4, -0.2) is 30.6 Å². The van der Waals surface area contributed by atoms with Crippen LogP contribution in [0.4, 0.5) is 8.78 Å². The Bertz CT molecular complexity index is 365. The van der Waals surface area contributed by atoms with Crippen LogP contribution in [0.25, 0.3) is 0 Å². The molecule has 1 unspecified atom stereocenters. The predicted octanol–water partition coefficient (Wildman–Crippen LogP) is 2.57. The molecule has 0 heterocycles. The second kappa shape index (κ2) is 7.44. The van der Waals surface area contributed by atoms with Crippen LogP contribution in [0.2, 0.25) is 0 Å². The fourth-order valence-electron chi connectivity index (χ4n) is 1.96. The molecule has 102 valence electrons. The van der Waals surface area contributed by atoms with Crippen molar-refractivity contribution in [3.8, 4) is 0 Å². The predicted molar refractivity (Wildman–Crippen MR) is 70.4 cm³/mol. The first kappa shape index (κ1) is 15.1. The molecule has 18 heavy (non-hydrogen) atoms. The summed E-state index contributed by atoms with van der Waals surface area (Å²) in [7, 11) is 0. The zero-order valence-electron chi connectivity index (χ0n) is 11.1. The molecule has 4 heteroatoms. The number of nitrogens with two attached hydrogens (primary N) is 1. The number of hydrogen-bond donors (Lipinski definition) is 1. The van der Waals surface area contributed by atoms with Crippen molar-refractivity contribution in [2.75, 3.05) is 19.6 Å². The first-order chi connectivity index (χ1) is 8.56. The third kappa shape index (κ3) is 4.70. The first-order valence-corrected chi connectivity index (χ1v) is 6.48. The van der Waals surface area contributed by atoms with Crippen molar-refractivity contribution in [3.63, 3.8) is 0 Å². The van der Waals surface area contributed by atoms with Crippen molar-refractivity contribution in [2.24, 2.45) is 5.73 Å². The van der Waals surface area contributed by atoms with Gasteiger partial charge in [0.1, 0.15) is 11.6 Å². The van der Waals surface area contributed by atoms with Crippen LogP contribution in [0, 0.1) is 11.6 Å². The molecule has 0 bridgehead atoms. The van der Waals surface area contributed by atoms with Gasteiger partial charge in [-0.25, -0.2) is 8.78 Å². The second-order valence-corrected chi connectivity index (χ2v) is 4.52. The Hall–Kier alpha value is -1.00. The van der Waals surface area contributed by atoms with E-state index < -0.39 is 11.6 Å². The maximum absolute atomic E-state index is 13.4. The quantitative estimate of drug-likeness (QED) is 0.812. The SMILES string of the molecule is CCN(CC)CCC(N)Cc1ccc(F)cc1F. The molecule has 2 N–H and O–H groups in total. The third-order valence-corrected chi connectivity index (χ3v) is 3.21. The second-order valence-electron chi connectivity index (χ2n) is 4.52. The summed E-state index contributed by atoms with van der Waals surface area (Å²) in [6, 6.07) is 3.56.